The standard InChI is InChI=1S/C24H25FN4O4S/c1-28(34(31,32)23-6-2-4-18(25)16-23)20-7-9-21(10-8-20)33-22-11-14-29(15-12-22)24(30)27-19-5-3-13-26-17-19/h2-10,13,16-17,22H,11-12,14-15H2,1H3,(H,27,30). The quantitative estimate of drug-likeness (QED) is 0.568. The van der Waals surface area contributed by atoms with Gasteiger partial charge in [-0.15, -0.1) is 0 Å². The lowest BCUT2D eigenvalue weighted by Gasteiger charge is -2.32. The Morgan fingerprint density at radius 1 is 1.12 bits per heavy atom. The molecule has 1 saturated heterocycles. The summed E-state index contributed by atoms with van der Waals surface area (Å²) in [6, 6.07) is 15.0. The van der Waals surface area contributed by atoms with Crippen LogP contribution in [0.4, 0.5) is 20.6 Å². The number of likely N-dealkylation sites (tertiary alicyclic amines) is 1. The van der Waals surface area contributed by atoms with Gasteiger partial charge in [-0.2, -0.15) is 0 Å². The number of sulfonamides is 1. The number of benzene rings is 2. The second-order valence-electron chi connectivity index (χ2n) is 7.90. The molecule has 1 aromatic heterocycles. The fourth-order valence-electron chi connectivity index (χ4n) is 3.67. The fraction of sp³-hybridized carbons (Fsp3) is 0.250. The van der Waals surface area contributed by atoms with Crippen molar-refractivity contribution in [2.45, 2.75) is 23.8 Å². The van der Waals surface area contributed by atoms with Crippen LogP contribution in [0, 0.1) is 5.82 Å². The Balaban J connectivity index is 1.31. The molecule has 34 heavy (non-hydrogen) atoms. The second-order valence-corrected chi connectivity index (χ2v) is 9.87. The molecule has 0 saturated carbocycles. The van der Waals surface area contributed by atoms with Gasteiger partial charge in [0.15, 0.2) is 0 Å². The first-order valence-electron chi connectivity index (χ1n) is 10.8. The molecular formula is C24H25FN4O4S. The van der Waals surface area contributed by atoms with E-state index in [2.05, 4.69) is 10.3 Å². The Morgan fingerprint density at radius 3 is 2.50 bits per heavy atom. The average molecular weight is 485 g/mol. The van der Waals surface area contributed by atoms with Crippen LogP contribution >= 0.6 is 0 Å². The largest absolute Gasteiger partial charge is 0.490 e. The maximum Gasteiger partial charge on any atom is 0.321 e. The number of aromatic nitrogens is 1. The van der Waals surface area contributed by atoms with Gasteiger partial charge in [0.2, 0.25) is 0 Å². The smallest absolute Gasteiger partial charge is 0.321 e. The third-order valence-electron chi connectivity index (χ3n) is 5.60. The first-order valence-corrected chi connectivity index (χ1v) is 12.2. The molecule has 8 nitrogen and oxygen atoms in total. The van der Waals surface area contributed by atoms with Crippen LogP contribution < -0.4 is 14.4 Å². The van der Waals surface area contributed by atoms with E-state index in [0.717, 1.165) is 10.4 Å². The molecule has 0 spiro atoms. The number of carbonyl (C=O) groups is 1. The molecule has 1 N–H and O–H groups in total. The number of carbonyl (C=O) groups excluding carboxylic acids is 1. The maximum absolute atomic E-state index is 13.5. The van der Waals surface area contributed by atoms with Crippen LogP contribution in [0.25, 0.3) is 0 Å². The SMILES string of the molecule is CN(c1ccc(OC2CCN(C(=O)Nc3cccnc3)CC2)cc1)S(=O)(=O)c1cccc(F)c1. The minimum Gasteiger partial charge on any atom is -0.490 e. The van der Waals surface area contributed by atoms with Crippen LogP contribution in [0.5, 0.6) is 5.75 Å². The number of rotatable bonds is 6. The number of halogens is 1. The van der Waals surface area contributed by atoms with Gasteiger partial charge in [-0.1, -0.05) is 6.07 Å². The van der Waals surface area contributed by atoms with Crippen LogP contribution in [0.3, 0.4) is 0 Å². The molecule has 0 atom stereocenters. The maximum atomic E-state index is 13.5. The van der Waals surface area contributed by atoms with Crippen LogP contribution in [0.1, 0.15) is 12.8 Å². The molecule has 1 fully saturated rings. The van der Waals surface area contributed by atoms with Crippen molar-refractivity contribution in [3.05, 3.63) is 78.9 Å². The number of nitrogens with zero attached hydrogens (tertiary/aromatic N) is 3. The van der Waals surface area contributed by atoms with Crippen molar-refractivity contribution in [3.8, 4) is 5.75 Å². The number of pyridine rings is 1. The molecular weight excluding hydrogens is 459 g/mol. The summed E-state index contributed by atoms with van der Waals surface area (Å²) in [5.74, 6) is -0.00242. The van der Waals surface area contributed by atoms with Gasteiger partial charge in [-0.3, -0.25) is 9.29 Å². The number of urea groups is 1. The van der Waals surface area contributed by atoms with E-state index in [9.17, 15) is 17.6 Å². The third-order valence-corrected chi connectivity index (χ3v) is 7.38. The van der Waals surface area contributed by atoms with E-state index < -0.39 is 15.8 Å². The number of amides is 2. The summed E-state index contributed by atoms with van der Waals surface area (Å²) in [4.78, 5) is 18.0. The molecule has 0 aliphatic carbocycles. The second kappa shape index (κ2) is 10.1. The lowest BCUT2D eigenvalue weighted by atomic mass is 10.1. The molecule has 1 aliphatic heterocycles. The molecule has 0 unspecified atom stereocenters. The molecule has 2 aromatic carbocycles. The van der Waals surface area contributed by atoms with E-state index in [1.165, 1.54) is 25.2 Å². The predicted molar refractivity (Wildman–Crippen MR) is 127 cm³/mol. The van der Waals surface area contributed by atoms with Gasteiger partial charge < -0.3 is 15.0 Å². The summed E-state index contributed by atoms with van der Waals surface area (Å²) in [6.07, 6.45) is 4.54. The normalized spacial score (nSPS) is 14.5. The summed E-state index contributed by atoms with van der Waals surface area (Å²) in [6.45, 7) is 1.12. The predicted octanol–water partition coefficient (Wildman–Crippen LogP) is 4.12. The number of anilines is 2. The van der Waals surface area contributed by atoms with Crippen LogP contribution in [0.2, 0.25) is 0 Å². The van der Waals surface area contributed by atoms with Crippen molar-refractivity contribution in [3.63, 3.8) is 0 Å². The van der Waals surface area contributed by atoms with Gasteiger partial charge >= 0.3 is 6.03 Å². The molecule has 178 valence electrons. The van der Waals surface area contributed by atoms with Crippen LogP contribution in [-0.4, -0.2) is 50.6 Å². The number of ether oxygens (including phenoxy) is 1. The third kappa shape index (κ3) is 5.45. The van der Waals surface area contributed by atoms with Crippen molar-refractivity contribution in [2.75, 3.05) is 29.8 Å². The topological polar surface area (TPSA) is 91.8 Å². The van der Waals surface area contributed by atoms with Gasteiger partial charge in [-0.05, 0) is 54.6 Å². The number of hydrogen-bond donors (Lipinski definition) is 1. The van der Waals surface area contributed by atoms with E-state index in [1.807, 2.05) is 0 Å². The van der Waals surface area contributed by atoms with Crippen molar-refractivity contribution in [1.82, 2.24) is 9.88 Å². The summed E-state index contributed by atoms with van der Waals surface area (Å²) in [5.41, 5.74) is 1.08. The number of piperidine rings is 1. The fourth-order valence-corrected chi connectivity index (χ4v) is 4.89. The van der Waals surface area contributed by atoms with Gasteiger partial charge in [0.1, 0.15) is 17.7 Å². The molecule has 2 heterocycles. The highest BCUT2D eigenvalue weighted by atomic mass is 32.2. The van der Waals surface area contributed by atoms with Gasteiger partial charge in [0, 0.05) is 39.2 Å². The Hall–Kier alpha value is -3.66. The van der Waals surface area contributed by atoms with Crippen molar-refractivity contribution in [1.29, 1.82) is 0 Å². The number of hydrogen-bond acceptors (Lipinski definition) is 5. The first-order chi connectivity index (χ1) is 16.3. The number of nitrogens with one attached hydrogen (secondary N) is 1. The van der Waals surface area contributed by atoms with Crippen molar-refractivity contribution < 1.29 is 22.3 Å². The molecule has 4 rings (SSSR count). The zero-order valence-corrected chi connectivity index (χ0v) is 19.4. The van der Waals surface area contributed by atoms with E-state index in [1.54, 1.807) is 53.7 Å². The van der Waals surface area contributed by atoms with Gasteiger partial charge in [0.05, 0.1) is 22.5 Å². The Morgan fingerprint density at radius 2 is 1.85 bits per heavy atom. The van der Waals surface area contributed by atoms with E-state index in [4.69, 9.17) is 4.74 Å². The van der Waals surface area contributed by atoms with Crippen molar-refractivity contribution >= 4 is 27.4 Å². The Bertz CT molecular complexity index is 1230. The zero-order chi connectivity index (χ0) is 24.1. The highest BCUT2D eigenvalue weighted by molar-refractivity contribution is 7.92. The average Bonchev–Trinajstić information content (AvgIpc) is 2.85. The minimum atomic E-state index is -3.89. The highest BCUT2D eigenvalue weighted by Crippen LogP contribution is 2.26. The molecule has 2 amide bonds. The lowest BCUT2D eigenvalue weighted by molar-refractivity contribution is 0.115. The Kier molecular flexibility index (Phi) is 6.97. The molecule has 0 bridgehead atoms. The van der Waals surface area contributed by atoms with E-state index >= 15 is 0 Å². The first kappa shape index (κ1) is 23.5. The van der Waals surface area contributed by atoms with E-state index in [0.29, 0.717) is 43.1 Å². The van der Waals surface area contributed by atoms with Crippen molar-refractivity contribution in [2.24, 2.45) is 0 Å². The molecule has 1 aliphatic rings. The zero-order valence-electron chi connectivity index (χ0n) is 18.6. The van der Waals surface area contributed by atoms with Crippen LogP contribution in [-0.2, 0) is 10.0 Å². The molecule has 0 radical (unpaired) electrons. The van der Waals surface area contributed by atoms with Gasteiger partial charge in [-0.25, -0.2) is 17.6 Å². The summed E-state index contributed by atoms with van der Waals surface area (Å²) in [7, 11) is -2.47. The summed E-state index contributed by atoms with van der Waals surface area (Å²) >= 11 is 0. The highest BCUT2D eigenvalue weighted by Gasteiger charge is 2.25. The minimum absolute atomic E-state index is 0.0537. The van der Waals surface area contributed by atoms with E-state index in [-0.39, 0.29) is 17.0 Å². The summed E-state index contributed by atoms with van der Waals surface area (Å²) in [5, 5.41) is 2.83. The monoisotopic (exact) mass is 484 g/mol. The Labute approximate surface area is 198 Å². The lowest BCUT2D eigenvalue weighted by Crippen LogP contribution is -2.43. The summed E-state index contributed by atoms with van der Waals surface area (Å²) < 4.78 is 46.2. The molecule has 3 aromatic rings. The van der Waals surface area contributed by atoms with Crippen LogP contribution in [0.15, 0.2) is 78.0 Å². The molecule has 10 heteroatoms. The van der Waals surface area contributed by atoms with Gasteiger partial charge in [0.25, 0.3) is 10.0 Å².